The van der Waals surface area contributed by atoms with E-state index in [-0.39, 0.29) is 5.41 Å². The van der Waals surface area contributed by atoms with Crippen LogP contribution in [0.25, 0.3) is 22.1 Å². The molecule has 3 N–H and O–H groups in total. The minimum atomic E-state index is 0.0875. The van der Waals surface area contributed by atoms with Crippen molar-refractivity contribution in [3.63, 3.8) is 0 Å². The van der Waals surface area contributed by atoms with Crippen LogP contribution in [0, 0.1) is 6.92 Å². The third-order valence-electron chi connectivity index (χ3n) is 6.19. The van der Waals surface area contributed by atoms with Gasteiger partial charge in [0.2, 0.25) is 0 Å². The number of fused-ring (bicyclic) bond motifs is 5. The standard InChI is InChI=1S/C19H20N8/c1-11-14-17(26-25-11)23-10-24-18(14)27-8-19(4-6-20-7-5-19)15-13(27)3-2-12-16(15)22-9-21-12/h2-3,9-10,20H,4-8H2,1H3,(H,21,22)(H,23,24,25,26). The summed E-state index contributed by atoms with van der Waals surface area (Å²) in [4.78, 5) is 19.3. The van der Waals surface area contributed by atoms with Crippen LogP contribution in [0.15, 0.2) is 24.8 Å². The molecule has 4 aromatic rings. The van der Waals surface area contributed by atoms with Crippen molar-refractivity contribution < 1.29 is 0 Å². The maximum atomic E-state index is 4.68. The SMILES string of the molecule is Cc1n[nH]c2ncnc(N3CC4(CCNCC4)c4c3ccc3[nH]cnc43)c12. The number of aromatic amines is 2. The summed E-state index contributed by atoms with van der Waals surface area (Å²) in [5.74, 6) is 0.929. The van der Waals surface area contributed by atoms with Crippen LogP contribution in [0.5, 0.6) is 0 Å². The molecule has 136 valence electrons. The van der Waals surface area contributed by atoms with Gasteiger partial charge in [0.05, 0.1) is 28.4 Å². The average molecular weight is 360 g/mol. The third kappa shape index (κ3) is 1.96. The molecule has 3 aromatic heterocycles. The Morgan fingerprint density at radius 3 is 2.89 bits per heavy atom. The van der Waals surface area contributed by atoms with Crippen LogP contribution in [0.2, 0.25) is 0 Å². The number of nitrogens with zero attached hydrogens (tertiary/aromatic N) is 5. The lowest BCUT2D eigenvalue weighted by Gasteiger charge is -2.34. The number of aryl methyl sites for hydroxylation is 1. The first-order chi connectivity index (χ1) is 13.3. The third-order valence-corrected chi connectivity index (χ3v) is 6.19. The normalized spacial score (nSPS) is 18.6. The molecule has 1 aromatic carbocycles. The van der Waals surface area contributed by atoms with Crippen molar-refractivity contribution in [1.82, 2.24) is 35.5 Å². The first-order valence-corrected chi connectivity index (χ1v) is 9.37. The Labute approximate surface area is 155 Å². The number of hydrogen-bond acceptors (Lipinski definition) is 6. The highest BCUT2D eigenvalue weighted by molar-refractivity contribution is 5.96. The van der Waals surface area contributed by atoms with Crippen LogP contribution >= 0.6 is 0 Å². The van der Waals surface area contributed by atoms with Gasteiger partial charge in [-0.1, -0.05) is 0 Å². The molecule has 1 fully saturated rings. The number of H-pyrrole nitrogens is 2. The molecule has 8 heteroatoms. The van der Waals surface area contributed by atoms with Gasteiger partial charge in [-0.25, -0.2) is 15.0 Å². The number of rotatable bonds is 1. The lowest BCUT2D eigenvalue weighted by molar-refractivity contribution is 0.331. The quantitative estimate of drug-likeness (QED) is 0.482. The number of nitrogens with one attached hydrogen (secondary N) is 3. The van der Waals surface area contributed by atoms with E-state index in [0.717, 1.165) is 66.1 Å². The van der Waals surface area contributed by atoms with Crippen molar-refractivity contribution >= 4 is 33.6 Å². The number of imidazole rings is 1. The Morgan fingerprint density at radius 1 is 1.11 bits per heavy atom. The fourth-order valence-corrected chi connectivity index (χ4v) is 4.91. The van der Waals surface area contributed by atoms with E-state index in [9.17, 15) is 0 Å². The minimum absolute atomic E-state index is 0.0875. The first kappa shape index (κ1) is 15.1. The Kier molecular flexibility index (Phi) is 2.94. The van der Waals surface area contributed by atoms with Crippen molar-refractivity contribution in [2.75, 3.05) is 24.5 Å². The summed E-state index contributed by atoms with van der Waals surface area (Å²) >= 11 is 0. The molecule has 2 aliphatic rings. The molecule has 6 rings (SSSR count). The Hall–Kier alpha value is -3.00. The van der Waals surface area contributed by atoms with E-state index >= 15 is 0 Å². The van der Waals surface area contributed by atoms with Gasteiger partial charge in [0.25, 0.3) is 0 Å². The van der Waals surface area contributed by atoms with Crippen LogP contribution in [-0.2, 0) is 5.41 Å². The molecule has 2 aliphatic heterocycles. The van der Waals surface area contributed by atoms with Crippen LogP contribution in [0.1, 0.15) is 24.1 Å². The summed E-state index contributed by atoms with van der Waals surface area (Å²) < 4.78 is 0. The monoisotopic (exact) mass is 360 g/mol. The second-order valence-corrected chi connectivity index (χ2v) is 7.60. The molecule has 27 heavy (non-hydrogen) atoms. The van der Waals surface area contributed by atoms with Crippen molar-refractivity contribution in [3.8, 4) is 0 Å². The Bertz CT molecular complexity index is 1170. The Morgan fingerprint density at radius 2 is 2.00 bits per heavy atom. The summed E-state index contributed by atoms with van der Waals surface area (Å²) in [5.41, 5.74) is 6.55. The van der Waals surface area contributed by atoms with Crippen LogP contribution in [0.3, 0.4) is 0 Å². The highest BCUT2D eigenvalue weighted by Crippen LogP contribution is 2.51. The summed E-state index contributed by atoms with van der Waals surface area (Å²) in [6.45, 7) is 4.96. The number of benzene rings is 1. The van der Waals surface area contributed by atoms with E-state index in [1.54, 1.807) is 12.7 Å². The van der Waals surface area contributed by atoms with Crippen LogP contribution < -0.4 is 10.2 Å². The van der Waals surface area contributed by atoms with Crippen molar-refractivity contribution in [3.05, 3.63) is 36.0 Å². The molecule has 8 nitrogen and oxygen atoms in total. The Balaban J connectivity index is 1.63. The minimum Gasteiger partial charge on any atom is -0.345 e. The van der Waals surface area contributed by atoms with Gasteiger partial charge in [-0.05, 0) is 45.0 Å². The molecule has 5 heterocycles. The maximum absolute atomic E-state index is 4.68. The van der Waals surface area contributed by atoms with Gasteiger partial charge in [-0.2, -0.15) is 5.10 Å². The van der Waals surface area contributed by atoms with E-state index in [2.05, 4.69) is 52.5 Å². The highest BCUT2D eigenvalue weighted by atomic mass is 15.3. The predicted molar refractivity (Wildman–Crippen MR) is 103 cm³/mol. The number of anilines is 2. The average Bonchev–Trinajstić information content (AvgIpc) is 3.39. The number of hydrogen-bond donors (Lipinski definition) is 3. The summed E-state index contributed by atoms with van der Waals surface area (Å²) in [5, 5.41) is 11.9. The van der Waals surface area contributed by atoms with Crippen molar-refractivity contribution in [2.24, 2.45) is 0 Å². The van der Waals surface area contributed by atoms with Gasteiger partial charge in [0.1, 0.15) is 12.1 Å². The zero-order valence-corrected chi connectivity index (χ0v) is 15.1. The molecule has 1 spiro atoms. The van der Waals surface area contributed by atoms with Crippen LogP contribution in [-0.4, -0.2) is 49.8 Å². The maximum Gasteiger partial charge on any atom is 0.160 e. The predicted octanol–water partition coefficient (Wildman–Crippen LogP) is 2.31. The second-order valence-electron chi connectivity index (χ2n) is 7.60. The first-order valence-electron chi connectivity index (χ1n) is 9.37. The van der Waals surface area contributed by atoms with Crippen molar-refractivity contribution in [1.29, 1.82) is 0 Å². The molecule has 0 amide bonds. The van der Waals surface area contributed by atoms with Gasteiger partial charge in [-0.3, -0.25) is 5.10 Å². The van der Waals surface area contributed by atoms with E-state index in [4.69, 9.17) is 0 Å². The fourth-order valence-electron chi connectivity index (χ4n) is 4.91. The molecule has 1 saturated heterocycles. The van der Waals surface area contributed by atoms with Crippen LogP contribution in [0.4, 0.5) is 11.5 Å². The lowest BCUT2D eigenvalue weighted by atomic mass is 9.74. The molecule has 0 saturated carbocycles. The molecule has 0 unspecified atom stereocenters. The van der Waals surface area contributed by atoms with Gasteiger partial charge in [-0.15, -0.1) is 0 Å². The number of piperidine rings is 1. The summed E-state index contributed by atoms with van der Waals surface area (Å²) in [6, 6.07) is 4.32. The highest BCUT2D eigenvalue weighted by Gasteiger charge is 2.46. The van der Waals surface area contributed by atoms with E-state index in [1.807, 2.05) is 6.92 Å². The molecule has 0 radical (unpaired) electrons. The van der Waals surface area contributed by atoms with E-state index in [0.29, 0.717) is 0 Å². The largest absolute Gasteiger partial charge is 0.345 e. The molecule has 0 aliphatic carbocycles. The zero-order chi connectivity index (χ0) is 18.0. The smallest absolute Gasteiger partial charge is 0.160 e. The summed E-state index contributed by atoms with van der Waals surface area (Å²) in [6.07, 6.45) is 5.61. The molecule has 0 bridgehead atoms. The lowest BCUT2D eigenvalue weighted by Crippen LogP contribution is -2.42. The topological polar surface area (TPSA) is 98.4 Å². The van der Waals surface area contributed by atoms with Gasteiger partial charge >= 0.3 is 0 Å². The molecular formula is C19H20N8. The van der Waals surface area contributed by atoms with Gasteiger partial charge in [0, 0.05) is 23.2 Å². The second kappa shape index (κ2) is 5.26. The van der Waals surface area contributed by atoms with E-state index < -0.39 is 0 Å². The van der Waals surface area contributed by atoms with Gasteiger partial charge in [0.15, 0.2) is 5.65 Å². The summed E-state index contributed by atoms with van der Waals surface area (Å²) in [7, 11) is 0. The zero-order valence-electron chi connectivity index (χ0n) is 15.1. The van der Waals surface area contributed by atoms with Crippen molar-refractivity contribution in [2.45, 2.75) is 25.2 Å². The number of aromatic nitrogens is 6. The van der Waals surface area contributed by atoms with Gasteiger partial charge < -0.3 is 15.2 Å². The fraction of sp³-hybridized carbons (Fsp3) is 0.368. The molecule has 0 atom stereocenters. The van der Waals surface area contributed by atoms with E-state index in [1.165, 1.54) is 11.3 Å². The molecular weight excluding hydrogens is 340 g/mol.